The molecule has 42 heavy (non-hydrogen) atoms. The number of halogens is 4. The molecule has 1 amide bonds. The lowest BCUT2D eigenvalue weighted by molar-refractivity contribution is -0.126. The molecule has 2 saturated heterocycles. The summed E-state index contributed by atoms with van der Waals surface area (Å²) >= 11 is 6.85. The van der Waals surface area contributed by atoms with Crippen molar-refractivity contribution < 1.29 is 22.7 Å². The molecular weight excluding hydrogens is 571 g/mol. The van der Waals surface area contributed by atoms with Crippen LogP contribution in [0.2, 0.25) is 5.02 Å². The van der Waals surface area contributed by atoms with Crippen LogP contribution in [-0.4, -0.2) is 83.1 Å². The molecule has 3 aliphatic heterocycles. The summed E-state index contributed by atoms with van der Waals surface area (Å²) in [5, 5.41) is 0.747. The fourth-order valence-corrected chi connectivity index (χ4v) is 6.65. The van der Waals surface area contributed by atoms with Gasteiger partial charge in [0.1, 0.15) is 18.2 Å². The van der Waals surface area contributed by atoms with E-state index in [9.17, 15) is 18.4 Å². The highest BCUT2D eigenvalue weighted by Crippen LogP contribution is 2.47. The fraction of sp³-hybridized carbons (Fsp3) is 0.433. The molecule has 3 aromatic rings. The lowest BCUT2D eigenvalue weighted by Crippen LogP contribution is -2.54. The Balaban J connectivity index is 1.52. The van der Waals surface area contributed by atoms with Crippen LogP contribution in [0.5, 0.6) is 5.75 Å². The van der Waals surface area contributed by atoms with Crippen LogP contribution in [0, 0.1) is 12.7 Å². The molecule has 4 heterocycles. The topological polar surface area (TPSA) is 70.9 Å². The van der Waals surface area contributed by atoms with Crippen molar-refractivity contribution in [2.75, 3.05) is 50.8 Å². The highest BCUT2D eigenvalue weighted by molar-refractivity contribution is 6.35. The van der Waals surface area contributed by atoms with Crippen molar-refractivity contribution in [3.05, 3.63) is 63.8 Å². The van der Waals surface area contributed by atoms with E-state index in [0.717, 1.165) is 5.56 Å². The van der Waals surface area contributed by atoms with E-state index in [-0.39, 0.29) is 54.4 Å². The summed E-state index contributed by atoms with van der Waals surface area (Å²) in [6.07, 6.45) is 1.03. The Kier molecular flexibility index (Phi) is 7.21. The van der Waals surface area contributed by atoms with Crippen molar-refractivity contribution in [1.82, 2.24) is 19.4 Å². The van der Waals surface area contributed by atoms with E-state index in [1.807, 2.05) is 11.8 Å². The van der Waals surface area contributed by atoms with Gasteiger partial charge in [-0.25, -0.2) is 18.0 Å². The zero-order valence-corrected chi connectivity index (χ0v) is 24.1. The van der Waals surface area contributed by atoms with Crippen LogP contribution in [-0.2, 0) is 4.79 Å². The van der Waals surface area contributed by atoms with Crippen LogP contribution in [0.3, 0.4) is 0 Å². The Morgan fingerprint density at radius 2 is 2.05 bits per heavy atom. The molecular formula is C30H31ClF3N5O3. The molecule has 0 radical (unpaired) electrons. The highest BCUT2D eigenvalue weighted by atomic mass is 35.5. The maximum absolute atomic E-state index is 15.3. The number of nitrogens with zero attached hydrogens (tertiary/aromatic N) is 5. The number of anilines is 1. The Hall–Kier alpha value is -3.57. The number of benzene rings is 2. The third-order valence-electron chi connectivity index (χ3n) is 8.38. The van der Waals surface area contributed by atoms with Gasteiger partial charge in [-0.2, -0.15) is 4.98 Å². The smallest absolute Gasteiger partial charge is 0.350 e. The van der Waals surface area contributed by atoms with E-state index >= 15 is 4.39 Å². The summed E-state index contributed by atoms with van der Waals surface area (Å²) < 4.78 is 51.1. The second-order valence-corrected chi connectivity index (χ2v) is 11.8. The molecule has 2 atom stereocenters. The number of carbonyl (C=O) groups excluding carboxylic acids is 1. The first-order valence-electron chi connectivity index (χ1n) is 13.9. The Morgan fingerprint density at radius 3 is 2.71 bits per heavy atom. The standard InChI is InChI=1S/C30H31ClF3N5O3/c1-4-24(40)37-9-10-38(18(3)13-37)28-21-12-22(31)25(20-6-5-17(2)11-23(20)32)27-26(21)39(29(41)35-28)19(15-42-27)14-36-8-7-30(33,34)16-36/h4-6,11-12,18-19H,1,7-10,13-16H2,2-3H3. The van der Waals surface area contributed by atoms with E-state index in [1.165, 1.54) is 16.7 Å². The number of likely N-dealkylation sites (tertiary alicyclic amines) is 1. The number of alkyl halides is 2. The van der Waals surface area contributed by atoms with E-state index in [4.69, 9.17) is 16.3 Å². The van der Waals surface area contributed by atoms with Crippen LogP contribution < -0.4 is 15.3 Å². The van der Waals surface area contributed by atoms with Gasteiger partial charge in [0.05, 0.1) is 23.1 Å². The number of hydrogen-bond donors (Lipinski definition) is 0. The van der Waals surface area contributed by atoms with Gasteiger partial charge < -0.3 is 14.5 Å². The number of amides is 1. The molecule has 6 rings (SSSR count). The minimum absolute atomic E-state index is 0.00463. The van der Waals surface area contributed by atoms with Crippen LogP contribution in [0.4, 0.5) is 19.0 Å². The molecule has 0 bridgehead atoms. The van der Waals surface area contributed by atoms with Crippen molar-refractivity contribution >= 4 is 34.2 Å². The molecule has 0 spiro atoms. The summed E-state index contributed by atoms with van der Waals surface area (Å²) in [6.45, 7) is 8.45. The average molecular weight is 602 g/mol. The number of carbonyl (C=O) groups is 1. The Bertz CT molecular complexity index is 1660. The lowest BCUT2D eigenvalue weighted by Gasteiger charge is -2.41. The van der Waals surface area contributed by atoms with Gasteiger partial charge in [0.25, 0.3) is 5.92 Å². The normalized spacial score (nSPS) is 22.0. The first-order valence-corrected chi connectivity index (χ1v) is 14.3. The molecule has 8 nitrogen and oxygen atoms in total. The maximum atomic E-state index is 15.3. The second-order valence-electron chi connectivity index (χ2n) is 11.4. The first-order chi connectivity index (χ1) is 20.0. The average Bonchev–Trinajstić information content (AvgIpc) is 3.29. The second kappa shape index (κ2) is 10.6. The number of aromatic nitrogens is 2. The zero-order chi connectivity index (χ0) is 29.9. The van der Waals surface area contributed by atoms with E-state index in [2.05, 4.69) is 11.6 Å². The monoisotopic (exact) mass is 601 g/mol. The van der Waals surface area contributed by atoms with Crippen LogP contribution in [0.25, 0.3) is 22.0 Å². The SMILES string of the molecule is C=CC(=O)N1CCN(c2nc(=O)n3c4c(c(-c5ccc(C)cc5F)c(Cl)cc24)OCC3CN2CCC(F)(F)C2)C(C)C1. The van der Waals surface area contributed by atoms with Crippen molar-refractivity contribution in [3.63, 3.8) is 0 Å². The summed E-state index contributed by atoms with van der Waals surface area (Å²) in [4.78, 5) is 35.8. The molecule has 1 aromatic heterocycles. The third kappa shape index (κ3) is 4.92. The molecule has 2 unspecified atom stereocenters. The molecule has 0 aliphatic carbocycles. The first kappa shape index (κ1) is 28.5. The van der Waals surface area contributed by atoms with Crippen molar-refractivity contribution in [2.24, 2.45) is 0 Å². The number of hydrogen-bond acceptors (Lipinski definition) is 6. The predicted molar refractivity (Wildman–Crippen MR) is 155 cm³/mol. The molecule has 3 aliphatic rings. The number of piperazine rings is 1. The van der Waals surface area contributed by atoms with Gasteiger partial charge in [0.15, 0.2) is 5.75 Å². The van der Waals surface area contributed by atoms with Gasteiger partial charge >= 0.3 is 5.69 Å². The van der Waals surface area contributed by atoms with E-state index in [0.29, 0.717) is 41.9 Å². The minimum Gasteiger partial charge on any atom is -0.488 e. The largest absolute Gasteiger partial charge is 0.488 e. The minimum atomic E-state index is -2.79. The van der Waals surface area contributed by atoms with Gasteiger partial charge in [-0.3, -0.25) is 14.3 Å². The summed E-state index contributed by atoms with van der Waals surface area (Å²) in [7, 11) is 0. The predicted octanol–water partition coefficient (Wildman–Crippen LogP) is 4.66. The van der Waals surface area contributed by atoms with Gasteiger partial charge in [-0.05, 0) is 37.6 Å². The molecule has 0 saturated carbocycles. The molecule has 2 fully saturated rings. The number of ether oxygens (including phenoxy) is 1. The van der Waals surface area contributed by atoms with Gasteiger partial charge in [-0.15, -0.1) is 0 Å². The molecule has 0 N–H and O–H groups in total. The van der Waals surface area contributed by atoms with Crippen molar-refractivity contribution in [2.45, 2.75) is 38.3 Å². The maximum Gasteiger partial charge on any atom is 0.350 e. The molecule has 2 aromatic carbocycles. The number of rotatable bonds is 5. The van der Waals surface area contributed by atoms with Crippen molar-refractivity contribution in [1.29, 1.82) is 0 Å². The highest BCUT2D eigenvalue weighted by Gasteiger charge is 2.41. The van der Waals surface area contributed by atoms with E-state index in [1.54, 1.807) is 34.9 Å². The number of aryl methyl sites for hydroxylation is 1. The summed E-state index contributed by atoms with van der Waals surface area (Å²) in [5.41, 5.74) is 1.10. The van der Waals surface area contributed by atoms with Crippen LogP contribution >= 0.6 is 11.6 Å². The van der Waals surface area contributed by atoms with Crippen LogP contribution in [0.1, 0.15) is 24.9 Å². The van der Waals surface area contributed by atoms with Crippen molar-refractivity contribution in [3.8, 4) is 16.9 Å². The molecule has 12 heteroatoms. The van der Waals surface area contributed by atoms with E-state index < -0.39 is 30.0 Å². The fourth-order valence-electron chi connectivity index (χ4n) is 6.35. The molecule has 222 valence electrons. The Morgan fingerprint density at radius 1 is 1.26 bits per heavy atom. The van der Waals surface area contributed by atoms with Gasteiger partial charge in [0.2, 0.25) is 5.91 Å². The Labute approximate surface area is 245 Å². The summed E-state index contributed by atoms with van der Waals surface area (Å²) in [6, 6.07) is 5.66. The van der Waals surface area contributed by atoms with Gasteiger partial charge in [-0.1, -0.05) is 30.3 Å². The lowest BCUT2D eigenvalue weighted by atomic mass is 9.98. The van der Waals surface area contributed by atoms with Gasteiger partial charge in [0, 0.05) is 61.7 Å². The summed E-state index contributed by atoms with van der Waals surface area (Å²) in [5.74, 6) is -2.83. The quantitative estimate of drug-likeness (QED) is 0.396. The van der Waals surface area contributed by atoms with Crippen LogP contribution in [0.15, 0.2) is 41.7 Å². The zero-order valence-electron chi connectivity index (χ0n) is 23.4. The third-order valence-corrected chi connectivity index (χ3v) is 8.68.